The third kappa shape index (κ3) is 5.41. The molecule has 11 nitrogen and oxygen atoms in total. The van der Waals surface area contributed by atoms with E-state index < -0.39 is 23.1 Å². The third-order valence-electron chi connectivity index (χ3n) is 7.96. The van der Waals surface area contributed by atoms with Gasteiger partial charge in [0.2, 0.25) is 16.9 Å². The van der Waals surface area contributed by atoms with Crippen molar-refractivity contribution < 1.29 is 33.3 Å². The van der Waals surface area contributed by atoms with E-state index in [1.165, 1.54) is 34.5 Å². The van der Waals surface area contributed by atoms with Crippen molar-refractivity contribution in [1.82, 2.24) is 9.47 Å². The predicted octanol–water partition coefficient (Wildman–Crippen LogP) is 2.85. The molecule has 0 radical (unpaired) electrons. The fraction of sp³-hybridized carbons (Fsp3) is 0.433. The number of aromatic hydroxyl groups is 1. The number of hydrogen-bond donors (Lipinski definition) is 1. The van der Waals surface area contributed by atoms with Crippen LogP contribution in [0, 0.1) is 5.92 Å². The molecule has 4 heterocycles. The van der Waals surface area contributed by atoms with Crippen molar-refractivity contribution in [3.05, 3.63) is 79.8 Å². The maximum atomic E-state index is 13.0. The average Bonchev–Trinajstić information content (AvgIpc) is 2.97. The van der Waals surface area contributed by atoms with Gasteiger partial charge in [-0.15, -0.1) is 0 Å². The maximum Gasteiger partial charge on any atom is 0.306 e. The van der Waals surface area contributed by atoms with Gasteiger partial charge in [-0.05, 0) is 24.5 Å². The Labute approximate surface area is 236 Å². The second-order valence-electron chi connectivity index (χ2n) is 10.4. The number of carbonyl (C=O) groups excluding carboxylic acids is 1. The van der Waals surface area contributed by atoms with Crippen LogP contribution in [-0.2, 0) is 22.6 Å². The van der Waals surface area contributed by atoms with E-state index >= 15 is 0 Å². The van der Waals surface area contributed by atoms with E-state index in [0.29, 0.717) is 42.5 Å². The summed E-state index contributed by atoms with van der Waals surface area (Å²) in [6, 6.07) is 9.98. The Morgan fingerprint density at radius 2 is 1.80 bits per heavy atom. The van der Waals surface area contributed by atoms with Crippen molar-refractivity contribution in [2.45, 2.75) is 37.8 Å². The van der Waals surface area contributed by atoms with Crippen LogP contribution in [0.25, 0.3) is 0 Å². The van der Waals surface area contributed by atoms with Crippen molar-refractivity contribution >= 4 is 5.97 Å². The fourth-order valence-electron chi connectivity index (χ4n) is 6.21. The van der Waals surface area contributed by atoms with E-state index in [2.05, 4.69) is 4.90 Å². The Morgan fingerprint density at radius 1 is 1.02 bits per heavy atom. The van der Waals surface area contributed by atoms with Crippen LogP contribution in [0.4, 0.5) is 0 Å². The van der Waals surface area contributed by atoms with Crippen LogP contribution in [-0.4, -0.2) is 62.1 Å². The minimum Gasteiger partial charge on any atom is -0.502 e. The highest BCUT2D eigenvalue weighted by Crippen LogP contribution is 2.46. The van der Waals surface area contributed by atoms with Gasteiger partial charge >= 0.3 is 5.97 Å². The van der Waals surface area contributed by atoms with Crippen molar-refractivity contribution in [3.8, 4) is 23.0 Å². The first-order valence-corrected chi connectivity index (χ1v) is 13.4. The van der Waals surface area contributed by atoms with Crippen LogP contribution in [0.5, 0.6) is 23.0 Å². The van der Waals surface area contributed by atoms with E-state index in [1.54, 1.807) is 24.3 Å². The summed E-state index contributed by atoms with van der Waals surface area (Å²) >= 11 is 0. The molecular weight excluding hydrogens is 532 g/mol. The van der Waals surface area contributed by atoms with E-state index in [1.807, 2.05) is 10.6 Å². The van der Waals surface area contributed by atoms with Crippen LogP contribution >= 0.6 is 0 Å². The van der Waals surface area contributed by atoms with Gasteiger partial charge in [0.25, 0.3) is 5.56 Å². The summed E-state index contributed by atoms with van der Waals surface area (Å²) in [5.41, 5.74) is 0.859. The number of benzene rings is 1. The molecule has 2 aliphatic heterocycles. The Kier molecular flexibility index (Phi) is 8.07. The summed E-state index contributed by atoms with van der Waals surface area (Å²) < 4.78 is 29.5. The van der Waals surface area contributed by atoms with Crippen molar-refractivity contribution in [2.24, 2.45) is 5.92 Å². The summed E-state index contributed by atoms with van der Waals surface area (Å²) in [6.07, 6.45) is 0.757. The standard InChI is InChI=1S/C30H34N2O9/c1-37-24-9-8-20(29(39-3)30(24)40-4)21(12-26(35)38-2)28-27(36)23(33)11-19(41-28)16-31-13-17-10-18(15-31)22-6-5-7-25(34)32(22)14-17/h5-9,11,17-18,21,36H,10,12-16H2,1-4H3/t17-,18+,21+/m1/s1. The van der Waals surface area contributed by atoms with Crippen LogP contribution in [0.3, 0.4) is 0 Å². The Hall–Kier alpha value is -4.25. The second kappa shape index (κ2) is 11.7. The maximum absolute atomic E-state index is 13.0. The second-order valence-corrected chi connectivity index (χ2v) is 10.4. The Balaban J connectivity index is 1.52. The lowest BCUT2D eigenvalue weighted by molar-refractivity contribution is -0.140. The molecule has 41 heavy (non-hydrogen) atoms. The van der Waals surface area contributed by atoms with Gasteiger partial charge in [-0.1, -0.05) is 12.1 Å². The minimum absolute atomic E-state index is 0.0158. The highest BCUT2D eigenvalue weighted by molar-refractivity contribution is 5.72. The van der Waals surface area contributed by atoms with Crippen LogP contribution in [0.1, 0.15) is 47.5 Å². The van der Waals surface area contributed by atoms with Gasteiger partial charge in [0.05, 0.1) is 47.3 Å². The Morgan fingerprint density at radius 3 is 2.51 bits per heavy atom. The molecule has 2 bridgehead atoms. The number of rotatable bonds is 9. The van der Waals surface area contributed by atoms with E-state index in [4.69, 9.17) is 23.4 Å². The van der Waals surface area contributed by atoms with Crippen molar-refractivity contribution in [1.29, 1.82) is 0 Å². The lowest BCUT2D eigenvalue weighted by Crippen LogP contribution is -2.46. The molecule has 218 valence electrons. The summed E-state index contributed by atoms with van der Waals surface area (Å²) in [5.74, 6) is -0.380. The number of aromatic nitrogens is 1. The molecule has 2 aromatic heterocycles. The quantitative estimate of drug-likeness (QED) is 0.386. The van der Waals surface area contributed by atoms with Gasteiger partial charge in [0.1, 0.15) is 5.76 Å². The molecule has 0 unspecified atom stereocenters. The topological polar surface area (TPSA) is 130 Å². The van der Waals surface area contributed by atoms with Crippen LogP contribution in [0.15, 0.2) is 50.4 Å². The van der Waals surface area contributed by atoms with Gasteiger partial charge in [-0.2, -0.15) is 0 Å². The van der Waals surface area contributed by atoms with Gasteiger partial charge < -0.3 is 33.0 Å². The summed E-state index contributed by atoms with van der Waals surface area (Å²) in [5, 5.41) is 10.9. The van der Waals surface area contributed by atoms with E-state index in [0.717, 1.165) is 18.7 Å². The number of esters is 1. The smallest absolute Gasteiger partial charge is 0.306 e. The molecule has 3 atom stereocenters. The van der Waals surface area contributed by atoms with Crippen molar-refractivity contribution in [3.63, 3.8) is 0 Å². The number of fused-ring (bicyclic) bond motifs is 4. The van der Waals surface area contributed by atoms with Gasteiger partial charge in [0.15, 0.2) is 17.3 Å². The van der Waals surface area contributed by atoms with E-state index in [9.17, 15) is 19.5 Å². The molecule has 2 aliphatic rings. The fourth-order valence-corrected chi connectivity index (χ4v) is 6.21. The minimum atomic E-state index is -0.927. The molecule has 0 amide bonds. The monoisotopic (exact) mass is 566 g/mol. The van der Waals surface area contributed by atoms with E-state index in [-0.39, 0.29) is 35.3 Å². The lowest BCUT2D eigenvalue weighted by atomic mass is 9.83. The van der Waals surface area contributed by atoms with Crippen molar-refractivity contribution in [2.75, 3.05) is 41.5 Å². The SMILES string of the molecule is COC(=O)C[C@@H](c1ccc(OC)c(OC)c1OC)c1oc(CN2C[C@H]3C[C@@H](C2)c2cccc(=O)n2C3)cc(=O)c1O. The normalized spacial score (nSPS) is 18.7. The molecule has 1 N–H and O–H groups in total. The molecule has 0 spiro atoms. The van der Waals surface area contributed by atoms with Crippen LogP contribution < -0.4 is 25.2 Å². The highest BCUT2D eigenvalue weighted by Gasteiger charge is 2.36. The number of piperidine rings is 1. The number of hydrogen-bond acceptors (Lipinski definition) is 10. The van der Waals surface area contributed by atoms with Gasteiger partial charge in [-0.3, -0.25) is 19.3 Å². The number of methoxy groups -OCH3 is 4. The number of ether oxygens (including phenoxy) is 4. The Bertz CT molecular complexity index is 1560. The number of carbonyl (C=O) groups is 1. The van der Waals surface area contributed by atoms with Crippen LogP contribution in [0.2, 0.25) is 0 Å². The first-order chi connectivity index (χ1) is 19.8. The zero-order chi connectivity index (χ0) is 29.3. The first-order valence-electron chi connectivity index (χ1n) is 13.4. The van der Waals surface area contributed by atoms with Gasteiger partial charge in [0, 0.05) is 48.9 Å². The molecule has 11 heteroatoms. The number of likely N-dealkylation sites (tertiary alicyclic amines) is 1. The number of nitrogens with zero attached hydrogens (tertiary/aromatic N) is 2. The van der Waals surface area contributed by atoms with Gasteiger partial charge in [-0.25, -0.2) is 0 Å². The largest absolute Gasteiger partial charge is 0.502 e. The lowest BCUT2D eigenvalue weighted by Gasteiger charge is -2.42. The summed E-state index contributed by atoms with van der Waals surface area (Å²) in [7, 11) is 5.66. The molecule has 1 aromatic carbocycles. The first kappa shape index (κ1) is 28.3. The average molecular weight is 567 g/mol. The molecule has 1 fully saturated rings. The zero-order valence-electron chi connectivity index (χ0n) is 23.5. The predicted molar refractivity (Wildman–Crippen MR) is 148 cm³/mol. The molecule has 5 rings (SSSR count). The molecule has 3 aromatic rings. The molecular formula is C30H34N2O9. The highest BCUT2D eigenvalue weighted by atomic mass is 16.5. The summed E-state index contributed by atoms with van der Waals surface area (Å²) in [4.78, 5) is 40.1. The molecule has 1 saturated heterocycles. The zero-order valence-corrected chi connectivity index (χ0v) is 23.5. The third-order valence-corrected chi connectivity index (χ3v) is 7.96. The molecule has 0 aliphatic carbocycles. The molecule has 0 saturated carbocycles. The number of pyridine rings is 1. The summed E-state index contributed by atoms with van der Waals surface area (Å²) in [6.45, 7) is 2.38.